The van der Waals surface area contributed by atoms with Crippen molar-refractivity contribution >= 4 is 111 Å². The van der Waals surface area contributed by atoms with Gasteiger partial charge in [-0.2, -0.15) is 18.6 Å². The van der Waals surface area contributed by atoms with E-state index in [2.05, 4.69) is 280 Å². The fourth-order valence-electron chi connectivity index (χ4n) is 13.0. The molecule has 8 aromatic carbocycles. The quantitative estimate of drug-likeness (QED) is 0.0514. The molecule has 0 radical (unpaired) electrons. The van der Waals surface area contributed by atoms with Gasteiger partial charge < -0.3 is 50.0 Å². The predicted octanol–water partition coefficient (Wildman–Crippen LogP) is 19.8. The average molecular weight is 2030 g/mol. The minimum absolute atomic E-state index is 0. The first-order valence-electron chi connectivity index (χ1n) is 35.0. The molecular weight excluding hydrogens is 1930 g/mol. The molecule has 0 N–H and O–H groups in total. The Labute approximate surface area is 696 Å². The second-order valence-corrected chi connectivity index (χ2v) is 39.4. The van der Waals surface area contributed by atoms with Gasteiger partial charge in [0.1, 0.15) is 0 Å². The first-order valence-corrected chi connectivity index (χ1v) is 51.9. The van der Waals surface area contributed by atoms with E-state index in [0.29, 0.717) is 0 Å². The summed E-state index contributed by atoms with van der Waals surface area (Å²) in [5.41, 5.74) is 32.0. The SMILES string of the molecule is C#N.CC#N.CC(C)OP(OC(C)C)OC(C)C.Cc1cc(C)c(N2[CH-]N(c3c(C)cc(C)cc3C)CC2)c(C)c1.Cc1cc(C)c(N2[CH-]N(c3c(C)cc(C)cc3C)CC2)c(C)c1.[CH3-].[Cl][Ru]=[C]1C=C(c2ccccc2)c2ccccc21.[Cl][Ru]=[C]1C=C(c2ccccc2)c2ccccc21.[F-].[F-].[F][Sb]([F])([F])([F])[F].[F][Sb]([F])([F])([F])[F]. The van der Waals surface area contributed by atoms with Crippen molar-refractivity contribution in [2.24, 2.45) is 0 Å². The van der Waals surface area contributed by atoms with Crippen LogP contribution in [0.15, 0.2) is 170 Å². The van der Waals surface area contributed by atoms with Crippen molar-refractivity contribution in [1.82, 2.24) is 0 Å². The Balaban J connectivity index is 0.000000674. The molecule has 0 aromatic heterocycles. The summed E-state index contributed by atoms with van der Waals surface area (Å²) in [5.74, 6) is 0. The number of rotatable bonds is 12. The molecule has 113 heavy (non-hydrogen) atoms. The summed E-state index contributed by atoms with van der Waals surface area (Å²) < 4.78 is 118. The van der Waals surface area contributed by atoms with E-state index < -0.39 is 49.2 Å². The molecule has 0 bridgehead atoms. The molecule has 2 heterocycles. The number of nitriles is 2. The number of allylic oxidation sites excluding steroid dienone is 2. The summed E-state index contributed by atoms with van der Waals surface area (Å²) in [6, 6.07) is 58.0. The number of hydrogen-bond acceptors (Lipinski definition) is 9. The van der Waals surface area contributed by atoms with E-state index in [1.165, 1.54) is 149 Å². The number of aryl methyl sites for hydroxylation is 12. The van der Waals surface area contributed by atoms with Gasteiger partial charge in [0.2, 0.25) is 0 Å². The first-order chi connectivity index (χ1) is 51.3. The molecule has 2 saturated heterocycles. The van der Waals surface area contributed by atoms with Crippen LogP contribution in [0.1, 0.15) is 149 Å². The fraction of sp³-hybridized carbons (Fsp3) is 0.306. The second-order valence-electron chi connectivity index (χ2n) is 26.9. The van der Waals surface area contributed by atoms with Crippen LogP contribution in [-0.4, -0.2) is 93.3 Å². The summed E-state index contributed by atoms with van der Waals surface area (Å²) in [4.78, 5) is 9.62. The van der Waals surface area contributed by atoms with Crippen LogP contribution < -0.4 is 29.0 Å². The molecule has 28 heteroatoms. The Hall–Kier alpha value is -5.91. The molecule has 0 unspecified atom stereocenters. The Morgan fingerprint density at radius 1 is 0.398 bits per heavy atom. The standard InChI is InChI=1S/2C21H27N2.2C15H10.C9H21O3P.C2H3N.CHN.CH3.2ClH.12FH.2Ru.2Sb/c2*1-14-9-16(3)20(17(4)10-14)22-7-8-23(13-22)21-18(5)11-15(2)12-19(21)6;2*1-2-6-12(7-3-1)15-11-10-13-8-4-5-9-14(13)15;1-7(2)10-13(11-8(3)4)12-9(5)6;1-2-3;1-2;;;;;;;;;;;;;;;;;;;/h2*9-13H,7-8H2,1-6H3;2*1-9,11H;7-9H,1-6H3;1H3;1H;1H3;14*1H;;;;/q2*-1;;;;;;-1;;;;;;;;;;;;;;;2*+1;2*+5/p-14. The van der Waals surface area contributed by atoms with Crippen molar-refractivity contribution in [1.29, 1.82) is 10.5 Å². The van der Waals surface area contributed by atoms with Crippen LogP contribution in [0.2, 0.25) is 0 Å². The number of nitrogens with zero attached hydrogens (tertiary/aromatic N) is 6. The zero-order valence-electron chi connectivity index (χ0n) is 67.2. The predicted molar refractivity (Wildman–Crippen MR) is 443 cm³/mol. The third-order valence-electron chi connectivity index (χ3n) is 16.1. The zero-order valence-corrected chi connectivity index (χ0v) is 78.2. The molecule has 12 rings (SSSR count). The van der Waals surface area contributed by atoms with E-state index in [0.717, 1.165) is 26.2 Å². The van der Waals surface area contributed by atoms with Gasteiger partial charge in [0.25, 0.3) is 0 Å². The molecule has 624 valence electrons. The zero-order chi connectivity index (χ0) is 82.8. The third kappa shape index (κ3) is 36.2. The summed E-state index contributed by atoms with van der Waals surface area (Å²) in [6.45, 7) is 51.9. The fourth-order valence-corrected chi connectivity index (χ4v) is 17.3. The number of halogens is 14. The molecule has 9 nitrogen and oxygen atoms in total. The van der Waals surface area contributed by atoms with Crippen LogP contribution in [0.3, 0.4) is 0 Å². The summed E-state index contributed by atoms with van der Waals surface area (Å²) in [6.07, 6.45) is 4.91. The van der Waals surface area contributed by atoms with Crippen molar-refractivity contribution in [3.8, 4) is 12.6 Å². The van der Waals surface area contributed by atoms with Gasteiger partial charge in [-0.15, -0.1) is 0 Å². The van der Waals surface area contributed by atoms with Crippen LogP contribution in [0.5, 0.6) is 0 Å². The molecule has 2 fully saturated rings. The van der Waals surface area contributed by atoms with E-state index in [9.17, 15) is 28.1 Å². The molecule has 2 aliphatic heterocycles. The van der Waals surface area contributed by atoms with Gasteiger partial charge in [-0.1, -0.05) is 70.8 Å². The van der Waals surface area contributed by atoms with E-state index in [1.54, 1.807) is 6.07 Å². The maximum absolute atomic E-state index is 9.91. The summed E-state index contributed by atoms with van der Waals surface area (Å²) in [5, 5.41) is 13.8. The van der Waals surface area contributed by atoms with Crippen molar-refractivity contribution in [3.63, 3.8) is 0 Å². The van der Waals surface area contributed by atoms with E-state index in [-0.39, 0.29) is 66.5 Å². The number of benzene rings is 8. The molecule has 0 saturated carbocycles. The molecule has 2 aliphatic carbocycles. The molecular formula is C85H102Cl2F12N6O3PRu2Sb2-5. The Kier molecular flexibility index (Phi) is 44.7. The Bertz CT molecular complexity index is 4040. The molecule has 0 amide bonds. The Morgan fingerprint density at radius 3 is 0.770 bits per heavy atom. The van der Waals surface area contributed by atoms with Crippen LogP contribution in [0, 0.1) is 127 Å². The van der Waals surface area contributed by atoms with Gasteiger partial charge in [-0.05, 0) is 169 Å². The van der Waals surface area contributed by atoms with Crippen molar-refractivity contribution in [3.05, 3.63) is 291 Å². The molecule has 0 atom stereocenters. The average Bonchev–Trinajstić information content (AvgIpc) is 1.69. The van der Waals surface area contributed by atoms with Crippen LogP contribution >= 0.6 is 28.0 Å². The van der Waals surface area contributed by atoms with Crippen molar-refractivity contribution < 1.29 is 82.5 Å². The normalized spacial score (nSPS) is 14.4. The van der Waals surface area contributed by atoms with E-state index in [1.807, 2.05) is 53.7 Å². The van der Waals surface area contributed by atoms with E-state index >= 15 is 0 Å². The van der Waals surface area contributed by atoms with Gasteiger partial charge in [-0.25, -0.2) is 5.26 Å². The monoisotopic (exact) mass is 2030 g/mol. The maximum atomic E-state index is 9.91. The molecule has 0 spiro atoms. The van der Waals surface area contributed by atoms with Gasteiger partial charge in [0.05, 0.1) is 24.4 Å². The topological polar surface area (TPSA) is 88.2 Å². The first kappa shape index (κ1) is 105. The second kappa shape index (κ2) is 48.1. The van der Waals surface area contributed by atoms with Gasteiger partial charge in [0.15, 0.2) is 0 Å². The number of anilines is 4. The van der Waals surface area contributed by atoms with Crippen molar-refractivity contribution in [2.45, 2.75) is 150 Å². The van der Waals surface area contributed by atoms with Gasteiger partial charge >= 0.3 is 302 Å². The molecule has 8 aromatic rings. The number of hydrogen-bond donors (Lipinski definition) is 0. The van der Waals surface area contributed by atoms with Crippen LogP contribution in [0.4, 0.5) is 50.9 Å². The van der Waals surface area contributed by atoms with Gasteiger partial charge in [0, 0.05) is 62.4 Å². The number of fused-ring (bicyclic) bond motifs is 2. The molecule has 4 aliphatic rings. The van der Waals surface area contributed by atoms with Gasteiger partial charge in [-0.3, -0.25) is 0 Å². The third-order valence-corrected chi connectivity index (χ3v) is 21.7. The van der Waals surface area contributed by atoms with E-state index in [4.69, 9.17) is 43.5 Å². The summed E-state index contributed by atoms with van der Waals surface area (Å²) in [7, 11) is 11.0. The summed E-state index contributed by atoms with van der Waals surface area (Å²) >= 11 is -18.8. The van der Waals surface area contributed by atoms with Crippen molar-refractivity contribution in [2.75, 3.05) is 45.8 Å². The Morgan fingerprint density at radius 2 is 0.584 bits per heavy atom. The van der Waals surface area contributed by atoms with Crippen LogP contribution in [0.25, 0.3) is 11.1 Å². The van der Waals surface area contributed by atoms with Crippen LogP contribution in [-0.2, 0) is 44.9 Å². The minimum atomic E-state index is -9.19.